The van der Waals surface area contributed by atoms with E-state index < -0.39 is 0 Å². The van der Waals surface area contributed by atoms with Gasteiger partial charge in [-0.25, -0.2) is 0 Å². The molecule has 4 rings (SSSR count). The zero-order valence-corrected chi connectivity index (χ0v) is 18.6. The highest BCUT2D eigenvalue weighted by molar-refractivity contribution is 5.94. The summed E-state index contributed by atoms with van der Waals surface area (Å²) < 4.78 is 7.65. The lowest BCUT2D eigenvalue weighted by Gasteiger charge is -2.30. The number of para-hydroxylation sites is 1. The highest BCUT2D eigenvalue weighted by Gasteiger charge is 2.26. The summed E-state index contributed by atoms with van der Waals surface area (Å²) in [6, 6.07) is 15.4. The lowest BCUT2D eigenvalue weighted by molar-refractivity contribution is -0.130. The molecule has 1 saturated heterocycles. The summed E-state index contributed by atoms with van der Waals surface area (Å²) in [5, 5.41) is 2.97. The van der Waals surface area contributed by atoms with Crippen LogP contribution in [0.15, 0.2) is 65.3 Å². The smallest absolute Gasteiger partial charge is 0.246 e. The molecule has 1 aliphatic heterocycles. The van der Waals surface area contributed by atoms with E-state index in [-0.39, 0.29) is 17.7 Å². The van der Waals surface area contributed by atoms with Crippen molar-refractivity contribution in [1.29, 1.82) is 0 Å². The average Bonchev–Trinajstić information content (AvgIpc) is 3.42. The fourth-order valence-corrected chi connectivity index (χ4v) is 4.19. The zero-order valence-electron chi connectivity index (χ0n) is 18.6. The van der Waals surface area contributed by atoms with Gasteiger partial charge in [0.25, 0.3) is 0 Å². The van der Waals surface area contributed by atoms with Gasteiger partial charge >= 0.3 is 0 Å². The van der Waals surface area contributed by atoms with Gasteiger partial charge in [0.15, 0.2) is 0 Å². The van der Waals surface area contributed by atoms with E-state index in [1.54, 1.807) is 12.3 Å². The maximum absolute atomic E-state index is 12.7. The lowest BCUT2D eigenvalue weighted by atomic mass is 9.95. The monoisotopic (exact) mass is 431 g/mol. The largest absolute Gasteiger partial charge is 0.467 e. The minimum Gasteiger partial charge on any atom is -0.467 e. The molecule has 6 heteroatoms. The third-order valence-corrected chi connectivity index (χ3v) is 6.13. The van der Waals surface area contributed by atoms with E-state index in [0.717, 1.165) is 28.4 Å². The fraction of sp³-hybridized carbons (Fsp3) is 0.308. The number of anilines is 1. The first-order chi connectivity index (χ1) is 15.5. The number of furan rings is 1. The van der Waals surface area contributed by atoms with Crippen LogP contribution in [-0.2, 0) is 16.1 Å². The number of nitrogens with zero attached hydrogens (tertiary/aromatic N) is 2. The van der Waals surface area contributed by atoms with Gasteiger partial charge < -0.3 is 19.2 Å². The molecule has 1 fully saturated rings. The lowest BCUT2D eigenvalue weighted by Crippen LogP contribution is -2.40. The molecule has 2 aromatic heterocycles. The Morgan fingerprint density at radius 1 is 1.09 bits per heavy atom. The number of hydrogen-bond donors (Lipinski definition) is 1. The van der Waals surface area contributed by atoms with Crippen LogP contribution < -0.4 is 5.32 Å². The van der Waals surface area contributed by atoms with Gasteiger partial charge in [0.1, 0.15) is 5.76 Å². The first-order valence-electron chi connectivity index (χ1n) is 11.0. The fourth-order valence-electron chi connectivity index (χ4n) is 4.19. The summed E-state index contributed by atoms with van der Waals surface area (Å²) in [5.74, 6) is 0.854. The molecule has 0 unspecified atom stereocenters. The number of rotatable bonds is 6. The van der Waals surface area contributed by atoms with Crippen molar-refractivity contribution in [2.45, 2.75) is 33.2 Å². The van der Waals surface area contributed by atoms with Crippen LogP contribution in [0, 0.1) is 19.8 Å². The predicted molar refractivity (Wildman–Crippen MR) is 125 cm³/mol. The maximum atomic E-state index is 12.7. The first-order valence-corrected chi connectivity index (χ1v) is 11.0. The first kappa shape index (κ1) is 21.7. The molecular weight excluding hydrogens is 402 g/mol. The molecule has 1 aliphatic rings. The number of hydrogen-bond acceptors (Lipinski definition) is 3. The second kappa shape index (κ2) is 9.73. The number of amides is 2. The maximum Gasteiger partial charge on any atom is 0.246 e. The Kier molecular flexibility index (Phi) is 6.59. The van der Waals surface area contributed by atoms with Gasteiger partial charge in [0, 0.05) is 42.2 Å². The number of carbonyl (C=O) groups excluding carboxylic acids is 2. The van der Waals surface area contributed by atoms with Crippen molar-refractivity contribution in [3.05, 3.63) is 83.6 Å². The number of nitrogens with one attached hydrogen (secondary N) is 1. The van der Waals surface area contributed by atoms with Crippen molar-refractivity contribution < 1.29 is 14.0 Å². The van der Waals surface area contributed by atoms with E-state index in [1.165, 1.54) is 0 Å². The van der Waals surface area contributed by atoms with E-state index in [1.807, 2.05) is 53.4 Å². The molecule has 6 nitrogen and oxygen atoms in total. The van der Waals surface area contributed by atoms with Gasteiger partial charge in [-0.05, 0) is 68.7 Å². The molecule has 0 radical (unpaired) electrons. The van der Waals surface area contributed by atoms with E-state index in [2.05, 4.69) is 29.8 Å². The van der Waals surface area contributed by atoms with Crippen molar-refractivity contribution in [2.24, 2.45) is 5.92 Å². The van der Waals surface area contributed by atoms with Crippen molar-refractivity contribution in [3.8, 4) is 0 Å². The number of aromatic nitrogens is 1. The minimum atomic E-state index is -0.0660. The zero-order chi connectivity index (χ0) is 22.5. The van der Waals surface area contributed by atoms with Gasteiger partial charge in [-0.3, -0.25) is 9.59 Å². The van der Waals surface area contributed by atoms with Crippen LogP contribution in [0.25, 0.3) is 6.08 Å². The second-order valence-corrected chi connectivity index (χ2v) is 8.28. The van der Waals surface area contributed by atoms with Crippen LogP contribution in [0.1, 0.15) is 35.6 Å². The molecule has 3 heterocycles. The Morgan fingerprint density at radius 3 is 2.53 bits per heavy atom. The topological polar surface area (TPSA) is 67.5 Å². The van der Waals surface area contributed by atoms with E-state index in [4.69, 9.17) is 4.42 Å². The number of piperidine rings is 1. The highest BCUT2D eigenvalue weighted by atomic mass is 16.3. The Hall–Kier alpha value is -3.54. The number of benzene rings is 1. The highest BCUT2D eigenvalue weighted by Crippen LogP contribution is 2.21. The molecule has 0 atom stereocenters. The Labute approximate surface area is 188 Å². The number of carbonyl (C=O) groups is 2. The summed E-state index contributed by atoms with van der Waals surface area (Å²) in [6.45, 7) is 5.96. The summed E-state index contributed by atoms with van der Waals surface area (Å²) in [7, 11) is 0. The second-order valence-electron chi connectivity index (χ2n) is 8.28. The quantitative estimate of drug-likeness (QED) is 0.579. The summed E-state index contributed by atoms with van der Waals surface area (Å²) >= 11 is 0. The molecule has 0 spiro atoms. The van der Waals surface area contributed by atoms with E-state index >= 15 is 0 Å². The molecule has 166 valence electrons. The van der Waals surface area contributed by atoms with Crippen LogP contribution >= 0.6 is 0 Å². The van der Waals surface area contributed by atoms with Crippen LogP contribution in [0.4, 0.5) is 5.69 Å². The Morgan fingerprint density at radius 2 is 1.84 bits per heavy atom. The molecule has 0 saturated carbocycles. The molecule has 0 bridgehead atoms. The predicted octanol–water partition coefficient (Wildman–Crippen LogP) is 4.64. The Bertz CT molecular complexity index is 1090. The van der Waals surface area contributed by atoms with Gasteiger partial charge in [-0.15, -0.1) is 0 Å². The number of aryl methyl sites for hydroxylation is 1. The molecule has 1 N–H and O–H groups in total. The normalized spacial score (nSPS) is 14.8. The van der Waals surface area contributed by atoms with Crippen LogP contribution in [-0.4, -0.2) is 34.4 Å². The molecule has 0 aliphatic carbocycles. The van der Waals surface area contributed by atoms with Crippen LogP contribution in [0.2, 0.25) is 0 Å². The number of likely N-dealkylation sites (tertiary alicyclic amines) is 1. The van der Waals surface area contributed by atoms with E-state index in [9.17, 15) is 9.59 Å². The standard InChI is InChI=1S/C26H29N3O3/c1-19-17-22(20(2)29(19)18-24-9-6-16-32-24)10-11-25(30)28-14-12-21(13-15-28)26(31)27-23-7-4-3-5-8-23/h3-11,16-17,21H,12-15,18H2,1-2H3,(H,27,31)/b11-10+. The van der Waals surface area contributed by atoms with Gasteiger partial charge in [-0.2, -0.15) is 0 Å². The van der Waals surface area contributed by atoms with Gasteiger partial charge in [0.2, 0.25) is 11.8 Å². The van der Waals surface area contributed by atoms with Crippen molar-refractivity contribution >= 4 is 23.6 Å². The molecule has 1 aromatic carbocycles. The summed E-state index contributed by atoms with van der Waals surface area (Å²) in [5.41, 5.74) is 4.05. The summed E-state index contributed by atoms with van der Waals surface area (Å²) in [4.78, 5) is 27.0. The minimum absolute atomic E-state index is 0.0113. The Balaban J connectivity index is 1.32. The molecular formula is C26H29N3O3. The van der Waals surface area contributed by atoms with Crippen molar-refractivity contribution in [2.75, 3.05) is 18.4 Å². The summed E-state index contributed by atoms with van der Waals surface area (Å²) in [6.07, 6.45) is 6.56. The average molecular weight is 432 g/mol. The van der Waals surface area contributed by atoms with Crippen LogP contribution in [0.5, 0.6) is 0 Å². The third-order valence-electron chi connectivity index (χ3n) is 6.13. The van der Waals surface area contributed by atoms with Crippen LogP contribution in [0.3, 0.4) is 0 Å². The third kappa shape index (κ3) is 5.02. The molecule has 3 aromatic rings. The van der Waals surface area contributed by atoms with E-state index in [0.29, 0.717) is 32.5 Å². The van der Waals surface area contributed by atoms with Crippen molar-refractivity contribution in [1.82, 2.24) is 9.47 Å². The van der Waals surface area contributed by atoms with Crippen molar-refractivity contribution in [3.63, 3.8) is 0 Å². The molecule has 32 heavy (non-hydrogen) atoms. The SMILES string of the molecule is Cc1cc(/C=C/C(=O)N2CCC(C(=O)Nc3ccccc3)CC2)c(C)n1Cc1ccco1. The molecule has 2 amide bonds. The van der Waals surface area contributed by atoms with Gasteiger partial charge in [0.05, 0.1) is 12.8 Å². The van der Waals surface area contributed by atoms with Gasteiger partial charge in [-0.1, -0.05) is 18.2 Å².